The van der Waals surface area contributed by atoms with Crippen molar-refractivity contribution in [2.75, 3.05) is 17.8 Å². The SMILES string of the molecule is CCCNC(=O)c1ccccc1NS(=O)(=O)C(CC)CN. The van der Waals surface area contributed by atoms with Crippen LogP contribution in [0.3, 0.4) is 0 Å². The molecule has 0 aromatic heterocycles. The Morgan fingerprint density at radius 3 is 2.52 bits per heavy atom. The van der Waals surface area contributed by atoms with Gasteiger partial charge in [-0.15, -0.1) is 0 Å². The molecule has 7 heteroatoms. The van der Waals surface area contributed by atoms with Crippen LogP contribution < -0.4 is 15.8 Å². The normalized spacial score (nSPS) is 12.7. The average molecular weight is 313 g/mol. The summed E-state index contributed by atoms with van der Waals surface area (Å²) in [6, 6.07) is 6.53. The molecular formula is C14H23N3O3S. The van der Waals surface area contributed by atoms with Crippen LogP contribution in [0.2, 0.25) is 0 Å². The van der Waals surface area contributed by atoms with Crippen LogP contribution in [0.1, 0.15) is 37.0 Å². The lowest BCUT2D eigenvalue weighted by Crippen LogP contribution is -2.34. The van der Waals surface area contributed by atoms with Gasteiger partial charge in [0.25, 0.3) is 5.91 Å². The van der Waals surface area contributed by atoms with Crippen molar-refractivity contribution < 1.29 is 13.2 Å². The molecule has 1 atom stereocenters. The number of amides is 1. The van der Waals surface area contributed by atoms with Crippen LogP contribution in [0.4, 0.5) is 5.69 Å². The van der Waals surface area contributed by atoms with Crippen molar-refractivity contribution in [3.05, 3.63) is 29.8 Å². The summed E-state index contributed by atoms with van der Waals surface area (Å²) in [4.78, 5) is 12.0. The van der Waals surface area contributed by atoms with Gasteiger partial charge in [-0.1, -0.05) is 26.0 Å². The Hall–Kier alpha value is -1.60. The highest BCUT2D eigenvalue weighted by Crippen LogP contribution is 2.18. The van der Waals surface area contributed by atoms with E-state index in [0.717, 1.165) is 6.42 Å². The minimum Gasteiger partial charge on any atom is -0.352 e. The van der Waals surface area contributed by atoms with E-state index in [4.69, 9.17) is 5.73 Å². The average Bonchev–Trinajstić information content (AvgIpc) is 2.45. The first-order chi connectivity index (χ1) is 9.96. The van der Waals surface area contributed by atoms with Gasteiger partial charge < -0.3 is 11.1 Å². The molecule has 118 valence electrons. The van der Waals surface area contributed by atoms with Crippen molar-refractivity contribution in [1.82, 2.24) is 5.32 Å². The van der Waals surface area contributed by atoms with Gasteiger partial charge in [-0.2, -0.15) is 0 Å². The number of nitrogens with two attached hydrogens (primary N) is 1. The van der Waals surface area contributed by atoms with Gasteiger partial charge in [0, 0.05) is 13.1 Å². The van der Waals surface area contributed by atoms with Crippen LogP contribution in [0.25, 0.3) is 0 Å². The van der Waals surface area contributed by atoms with Crippen LogP contribution in [0.5, 0.6) is 0 Å². The fraction of sp³-hybridized carbons (Fsp3) is 0.500. The molecule has 21 heavy (non-hydrogen) atoms. The number of hydrogen-bond donors (Lipinski definition) is 3. The zero-order valence-corrected chi connectivity index (χ0v) is 13.2. The molecule has 0 aliphatic carbocycles. The van der Waals surface area contributed by atoms with Gasteiger partial charge in [0.05, 0.1) is 16.5 Å². The maximum atomic E-state index is 12.2. The third-order valence-electron chi connectivity index (χ3n) is 3.12. The minimum absolute atomic E-state index is 0.0377. The second kappa shape index (κ2) is 7.99. The molecule has 0 aliphatic rings. The molecule has 0 radical (unpaired) electrons. The smallest absolute Gasteiger partial charge is 0.253 e. The van der Waals surface area contributed by atoms with Crippen LogP contribution in [-0.4, -0.2) is 32.7 Å². The van der Waals surface area contributed by atoms with E-state index in [9.17, 15) is 13.2 Å². The van der Waals surface area contributed by atoms with Crippen LogP contribution in [0.15, 0.2) is 24.3 Å². The molecule has 1 aromatic carbocycles. The Bertz CT molecular complexity index is 569. The summed E-state index contributed by atoms with van der Waals surface area (Å²) in [5.74, 6) is -0.295. The molecule has 1 unspecified atom stereocenters. The van der Waals surface area contributed by atoms with E-state index in [1.165, 1.54) is 0 Å². The summed E-state index contributed by atoms with van der Waals surface area (Å²) in [5, 5.41) is 2.06. The number of carbonyl (C=O) groups is 1. The summed E-state index contributed by atoms with van der Waals surface area (Å²) in [6.45, 7) is 4.29. The van der Waals surface area contributed by atoms with Crippen molar-refractivity contribution >= 4 is 21.6 Å². The number of nitrogens with one attached hydrogen (secondary N) is 2. The van der Waals surface area contributed by atoms with E-state index in [2.05, 4.69) is 10.0 Å². The molecule has 1 rings (SSSR count). The monoisotopic (exact) mass is 313 g/mol. The highest BCUT2D eigenvalue weighted by atomic mass is 32.2. The fourth-order valence-electron chi connectivity index (χ4n) is 1.85. The summed E-state index contributed by atoms with van der Waals surface area (Å²) < 4.78 is 26.9. The van der Waals surface area contributed by atoms with Crippen LogP contribution >= 0.6 is 0 Å². The van der Waals surface area contributed by atoms with E-state index in [0.29, 0.717) is 18.5 Å². The first-order valence-electron chi connectivity index (χ1n) is 7.05. The quantitative estimate of drug-likeness (QED) is 0.673. The lowest BCUT2D eigenvalue weighted by atomic mass is 10.1. The Morgan fingerprint density at radius 1 is 1.29 bits per heavy atom. The molecule has 0 heterocycles. The van der Waals surface area contributed by atoms with Crippen LogP contribution in [-0.2, 0) is 10.0 Å². The van der Waals surface area contributed by atoms with E-state index in [-0.39, 0.29) is 18.1 Å². The molecular weight excluding hydrogens is 290 g/mol. The zero-order valence-electron chi connectivity index (χ0n) is 12.4. The van der Waals surface area contributed by atoms with Gasteiger partial charge in [-0.25, -0.2) is 8.42 Å². The standard InChI is InChI=1S/C14H23N3O3S/c1-3-9-16-14(18)12-7-5-6-8-13(12)17-21(19,20)11(4-2)10-15/h5-8,11,17H,3-4,9-10,15H2,1-2H3,(H,16,18). The molecule has 6 nitrogen and oxygen atoms in total. The topological polar surface area (TPSA) is 101 Å². The molecule has 0 saturated carbocycles. The highest BCUT2D eigenvalue weighted by Gasteiger charge is 2.24. The van der Waals surface area contributed by atoms with Gasteiger partial charge >= 0.3 is 0 Å². The first-order valence-corrected chi connectivity index (χ1v) is 8.59. The van der Waals surface area contributed by atoms with Gasteiger partial charge in [-0.3, -0.25) is 9.52 Å². The third-order valence-corrected chi connectivity index (χ3v) is 5.02. The summed E-state index contributed by atoms with van der Waals surface area (Å²) in [5.41, 5.74) is 6.07. The zero-order chi connectivity index (χ0) is 15.9. The van der Waals surface area contributed by atoms with Gasteiger partial charge in [0.2, 0.25) is 10.0 Å². The van der Waals surface area contributed by atoms with Crippen LogP contribution in [0, 0.1) is 0 Å². The van der Waals surface area contributed by atoms with E-state index in [1.807, 2.05) is 6.92 Å². The van der Waals surface area contributed by atoms with Gasteiger partial charge in [0.15, 0.2) is 0 Å². The predicted octanol–water partition coefficient (Wildman–Crippen LogP) is 1.31. The number of rotatable bonds is 8. The number of hydrogen-bond acceptors (Lipinski definition) is 4. The summed E-state index contributed by atoms with van der Waals surface area (Å²) in [7, 11) is -3.61. The van der Waals surface area contributed by atoms with E-state index >= 15 is 0 Å². The van der Waals surface area contributed by atoms with E-state index < -0.39 is 15.3 Å². The Morgan fingerprint density at radius 2 is 1.95 bits per heavy atom. The van der Waals surface area contributed by atoms with Crippen molar-refractivity contribution in [2.45, 2.75) is 31.9 Å². The van der Waals surface area contributed by atoms with Crippen molar-refractivity contribution in [1.29, 1.82) is 0 Å². The highest BCUT2D eigenvalue weighted by molar-refractivity contribution is 7.93. The predicted molar refractivity (Wildman–Crippen MR) is 84.7 cm³/mol. The van der Waals surface area contributed by atoms with Crippen molar-refractivity contribution in [3.63, 3.8) is 0 Å². The maximum absolute atomic E-state index is 12.2. The summed E-state index contributed by atoms with van der Waals surface area (Å²) in [6.07, 6.45) is 1.22. The molecule has 0 aliphatic heterocycles. The number of benzene rings is 1. The summed E-state index contributed by atoms with van der Waals surface area (Å²) >= 11 is 0. The third kappa shape index (κ3) is 4.71. The second-order valence-electron chi connectivity index (χ2n) is 4.71. The molecule has 0 bridgehead atoms. The molecule has 1 amide bonds. The maximum Gasteiger partial charge on any atom is 0.253 e. The van der Waals surface area contributed by atoms with Gasteiger partial charge in [-0.05, 0) is 25.0 Å². The first kappa shape index (κ1) is 17.5. The van der Waals surface area contributed by atoms with Gasteiger partial charge in [0.1, 0.15) is 0 Å². The Kier molecular flexibility index (Phi) is 6.64. The Labute approximate surface area is 126 Å². The number of para-hydroxylation sites is 1. The number of carbonyl (C=O) groups excluding carboxylic acids is 1. The molecule has 0 fully saturated rings. The van der Waals surface area contributed by atoms with Crippen molar-refractivity contribution in [2.24, 2.45) is 5.73 Å². The Balaban J connectivity index is 3.01. The fourth-order valence-corrected chi connectivity index (χ4v) is 3.20. The molecule has 1 aromatic rings. The molecule has 4 N–H and O–H groups in total. The largest absolute Gasteiger partial charge is 0.352 e. The second-order valence-corrected chi connectivity index (χ2v) is 6.68. The van der Waals surface area contributed by atoms with E-state index in [1.54, 1.807) is 31.2 Å². The number of sulfonamides is 1. The lowest BCUT2D eigenvalue weighted by molar-refractivity contribution is 0.0954. The molecule has 0 saturated heterocycles. The lowest BCUT2D eigenvalue weighted by Gasteiger charge is -2.17. The number of anilines is 1. The minimum atomic E-state index is -3.61. The molecule has 0 spiro atoms. The van der Waals surface area contributed by atoms with Crippen molar-refractivity contribution in [3.8, 4) is 0 Å².